The summed E-state index contributed by atoms with van der Waals surface area (Å²) in [6.45, 7) is 10.1. The summed E-state index contributed by atoms with van der Waals surface area (Å²) < 4.78 is 0. The Bertz CT molecular complexity index is 303. The Hall–Kier alpha value is -1.51. The lowest BCUT2D eigenvalue weighted by atomic mass is 10.2. The predicted molar refractivity (Wildman–Crippen MR) is 68.8 cm³/mol. The average Bonchev–Trinajstić information content (AvgIpc) is 2.26. The van der Waals surface area contributed by atoms with Crippen molar-refractivity contribution in [1.29, 1.82) is 0 Å². The first-order valence-electron chi connectivity index (χ1n) is 5.73. The maximum Gasteiger partial charge on any atom is 0.243 e. The van der Waals surface area contributed by atoms with E-state index in [0.29, 0.717) is 6.54 Å². The number of likely N-dealkylation sites (N-methyl/N-ethyl adjacent to an activating group) is 1. The molecule has 0 aromatic heterocycles. The fraction of sp³-hybridized carbons (Fsp3) is 0.462. The van der Waals surface area contributed by atoms with Gasteiger partial charge in [-0.3, -0.25) is 4.79 Å². The largest absolute Gasteiger partial charge is 0.364 e. The highest BCUT2D eigenvalue weighted by molar-refractivity contribution is 5.82. The maximum atomic E-state index is 11.3. The van der Waals surface area contributed by atoms with Crippen LogP contribution in [0.15, 0.2) is 36.2 Å². The van der Waals surface area contributed by atoms with Crippen molar-refractivity contribution in [2.45, 2.75) is 27.2 Å². The van der Waals surface area contributed by atoms with E-state index in [4.69, 9.17) is 0 Å². The lowest BCUT2D eigenvalue weighted by Gasteiger charge is -2.29. The van der Waals surface area contributed by atoms with Crippen molar-refractivity contribution >= 4 is 5.91 Å². The van der Waals surface area contributed by atoms with Crippen molar-refractivity contribution in [3.8, 4) is 0 Å². The molecule has 1 heterocycles. The number of amides is 1. The van der Waals surface area contributed by atoms with Gasteiger partial charge in [0.05, 0.1) is 17.9 Å². The average molecular weight is 222 g/mol. The van der Waals surface area contributed by atoms with Crippen molar-refractivity contribution in [3.05, 3.63) is 36.2 Å². The minimum absolute atomic E-state index is 0.0356. The number of hydrogen-bond acceptors (Lipinski definition) is 2. The lowest BCUT2D eigenvalue weighted by Crippen LogP contribution is -2.42. The molecule has 3 heteroatoms. The number of allylic oxidation sites excluding steroid dienone is 3. The smallest absolute Gasteiger partial charge is 0.243 e. The Morgan fingerprint density at radius 3 is 2.62 bits per heavy atom. The number of nitrogens with zero attached hydrogens (tertiary/aromatic N) is 1. The van der Waals surface area contributed by atoms with Gasteiger partial charge >= 0.3 is 0 Å². The molecule has 1 saturated heterocycles. The minimum Gasteiger partial charge on any atom is -0.364 e. The van der Waals surface area contributed by atoms with Gasteiger partial charge in [-0.05, 0) is 12.5 Å². The lowest BCUT2D eigenvalue weighted by molar-refractivity contribution is -0.121. The van der Waals surface area contributed by atoms with Crippen LogP contribution >= 0.6 is 0 Å². The molecule has 1 rings (SSSR count). The highest BCUT2D eigenvalue weighted by Gasteiger charge is 2.20. The molecular formula is C13H22N2O. The van der Waals surface area contributed by atoms with Crippen LogP contribution < -0.4 is 5.32 Å². The second-order valence-corrected chi connectivity index (χ2v) is 3.22. The molecule has 16 heavy (non-hydrogen) atoms. The molecule has 0 bridgehead atoms. The van der Waals surface area contributed by atoms with Crippen LogP contribution in [-0.4, -0.2) is 24.4 Å². The van der Waals surface area contributed by atoms with Crippen LogP contribution in [0, 0.1) is 0 Å². The summed E-state index contributed by atoms with van der Waals surface area (Å²) >= 11 is 0. The first-order valence-corrected chi connectivity index (χ1v) is 5.73. The summed E-state index contributed by atoms with van der Waals surface area (Å²) in [5.41, 5.74) is 1.90. The Morgan fingerprint density at radius 1 is 1.50 bits per heavy atom. The molecule has 1 amide bonds. The van der Waals surface area contributed by atoms with E-state index in [1.165, 1.54) is 0 Å². The fourth-order valence-corrected chi connectivity index (χ4v) is 1.45. The van der Waals surface area contributed by atoms with Crippen LogP contribution in [0.25, 0.3) is 0 Å². The standard InChI is InChI=1S/C11H16N2O.C2H6/c1-4-6-9-10(7-5-2)13(3)8-11(14)12-9;1-2/h5-7H,2,4,8H2,1,3H3,(H,12,14);1-2H3/b9-6+,10-7+;. The van der Waals surface area contributed by atoms with E-state index < -0.39 is 0 Å². The van der Waals surface area contributed by atoms with E-state index in [1.54, 1.807) is 6.08 Å². The van der Waals surface area contributed by atoms with Crippen molar-refractivity contribution in [3.63, 3.8) is 0 Å². The summed E-state index contributed by atoms with van der Waals surface area (Å²) in [4.78, 5) is 13.2. The molecule has 0 saturated carbocycles. The van der Waals surface area contributed by atoms with E-state index in [9.17, 15) is 4.79 Å². The number of hydrogen-bond donors (Lipinski definition) is 1. The monoisotopic (exact) mass is 222 g/mol. The third-order valence-electron chi connectivity index (χ3n) is 2.03. The van der Waals surface area contributed by atoms with Crippen LogP contribution in [0.2, 0.25) is 0 Å². The number of rotatable bonds is 2. The Labute approximate surface area is 98.5 Å². The fourth-order valence-electron chi connectivity index (χ4n) is 1.45. The third kappa shape index (κ3) is 3.93. The normalized spacial score (nSPS) is 20.2. The van der Waals surface area contributed by atoms with E-state index >= 15 is 0 Å². The Balaban J connectivity index is 0.00000106. The molecule has 1 aliphatic heterocycles. The molecule has 1 N–H and O–H groups in total. The van der Waals surface area contributed by atoms with Crippen LogP contribution in [0.5, 0.6) is 0 Å². The quantitative estimate of drug-likeness (QED) is 0.778. The highest BCUT2D eigenvalue weighted by Crippen LogP contribution is 2.16. The summed E-state index contributed by atoms with van der Waals surface area (Å²) in [5, 5.41) is 2.85. The van der Waals surface area contributed by atoms with Gasteiger partial charge in [0.2, 0.25) is 5.91 Å². The number of piperazine rings is 1. The van der Waals surface area contributed by atoms with E-state index in [-0.39, 0.29) is 5.91 Å². The minimum atomic E-state index is 0.0356. The van der Waals surface area contributed by atoms with Gasteiger partial charge in [-0.15, -0.1) is 0 Å². The van der Waals surface area contributed by atoms with Gasteiger partial charge in [0.25, 0.3) is 0 Å². The van der Waals surface area contributed by atoms with Crippen LogP contribution in [0.4, 0.5) is 0 Å². The Morgan fingerprint density at radius 2 is 2.12 bits per heavy atom. The molecule has 3 nitrogen and oxygen atoms in total. The second kappa shape index (κ2) is 7.74. The van der Waals surface area contributed by atoms with Crippen LogP contribution in [-0.2, 0) is 4.79 Å². The summed E-state index contributed by atoms with van der Waals surface area (Å²) in [6, 6.07) is 0. The molecule has 0 atom stereocenters. The first-order chi connectivity index (χ1) is 7.69. The van der Waals surface area contributed by atoms with Crippen molar-refractivity contribution in [2.75, 3.05) is 13.6 Å². The summed E-state index contributed by atoms with van der Waals surface area (Å²) in [6.07, 6.45) is 6.54. The number of carbonyl (C=O) groups is 1. The number of carbonyl (C=O) groups excluding carboxylic acids is 1. The van der Waals surface area contributed by atoms with Gasteiger partial charge in [0, 0.05) is 7.05 Å². The van der Waals surface area contributed by atoms with Crippen molar-refractivity contribution in [1.82, 2.24) is 10.2 Å². The van der Waals surface area contributed by atoms with Gasteiger partial charge in [0.15, 0.2) is 0 Å². The maximum absolute atomic E-state index is 11.3. The van der Waals surface area contributed by atoms with E-state index in [1.807, 2.05) is 44.9 Å². The summed E-state index contributed by atoms with van der Waals surface area (Å²) in [7, 11) is 1.90. The molecule has 0 aromatic carbocycles. The molecular weight excluding hydrogens is 200 g/mol. The van der Waals surface area contributed by atoms with Crippen molar-refractivity contribution < 1.29 is 4.79 Å². The zero-order valence-electron chi connectivity index (χ0n) is 10.7. The van der Waals surface area contributed by atoms with E-state index in [0.717, 1.165) is 17.8 Å². The molecule has 0 radical (unpaired) electrons. The van der Waals surface area contributed by atoms with Crippen molar-refractivity contribution in [2.24, 2.45) is 0 Å². The zero-order valence-corrected chi connectivity index (χ0v) is 10.7. The van der Waals surface area contributed by atoms with Gasteiger partial charge in [-0.25, -0.2) is 0 Å². The third-order valence-corrected chi connectivity index (χ3v) is 2.03. The molecule has 1 fully saturated rings. The molecule has 0 unspecified atom stereocenters. The molecule has 1 aliphatic rings. The van der Waals surface area contributed by atoms with Crippen LogP contribution in [0.3, 0.4) is 0 Å². The Kier molecular flexibility index (Phi) is 7.01. The predicted octanol–water partition coefficient (Wildman–Crippen LogP) is 2.44. The number of nitrogens with one attached hydrogen (secondary N) is 1. The molecule has 90 valence electrons. The first kappa shape index (κ1) is 14.5. The highest BCUT2D eigenvalue weighted by atomic mass is 16.2. The topological polar surface area (TPSA) is 32.3 Å². The van der Waals surface area contributed by atoms with Gasteiger partial charge in [0.1, 0.15) is 0 Å². The second-order valence-electron chi connectivity index (χ2n) is 3.22. The molecule has 0 aliphatic carbocycles. The SMILES string of the molecule is C=C/C=C1\C(=C/CC)NC(=O)CN1C.CC. The zero-order chi connectivity index (χ0) is 12.6. The van der Waals surface area contributed by atoms with Crippen LogP contribution in [0.1, 0.15) is 27.2 Å². The van der Waals surface area contributed by atoms with E-state index in [2.05, 4.69) is 11.9 Å². The van der Waals surface area contributed by atoms with Gasteiger partial charge < -0.3 is 10.2 Å². The molecule has 0 aromatic rings. The van der Waals surface area contributed by atoms with Gasteiger partial charge in [-0.1, -0.05) is 39.5 Å². The van der Waals surface area contributed by atoms with Gasteiger partial charge in [-0.2, -0.15) is 0 Å². The molecule has 0 spiro atoms. The summed E-state index contributed by atoms with van der Waals surface area (Å²) in [5.74, 6) is 0.0356.